The number of rotatable bonds is 3. The molecule has 1 aromatic rings. The zero-order valence-corrected chi connectivity index (χ0v) is 8.07. The van der Waals surface area contributed by atoms with Gasteiger partial charge >= 0.3 is 5.97 Å². The normalized spacial score (nSPS) is 27.7. The van der Waals surface area contributed by atoms with Gasteiger partial charge in [-0.1, -0.05) is 0 Å². The number of nitrogens with zero attached hydrogens (tertiary/aromatic N) is 2. The van der Waals surface area contributed by atoms with E-state index in [-0.39, 0.29) is 5.69 Å². The minimum absolute atomic E-state index is 0.0856. The van der Waals surface area contributed by atoms with Gasteiger partial charge in [0.05, 0.1) is 5.69 Å². The zero-order valence-electron chi connectivity index (χ0n) is 8.07. The van der Waals surface area contributed by atoms with E-state index in [0.717, 1.165) is 0 Å². The van der Waals surface area contributed by atoms with Crippen LogP contribution in [0.25, 0.3) is 0 Å². The van der Waals surface area contributed by atoms with Crippen molar-refractivity contribution < 1.29 is 18.7 Å². The molecule has 1 atom stereocenters. The lowest BCUT2D eigenvalue weighted by Crippen LogP contribution is -2.30. The van der Waals surface area contributed by atoms with Gasteiger partial charge < -0.3 is 5.11 Å². The number of hydrogen-bond acceptors (Lipinski definition) is 2. The summed E-state index contributed by atoms with van der Waals surface area (Å²) >= 11 is 0. The van der Waals surface area contributed by atoms with E-state index in [1.54, 1.807) is 6.92 Å². The van der Waals surface area contributed by atoms with Crippen LogP contribution in [0.2, 0.25) is 0 Å². The molecule has 1 aliphatic rings. The molecule has 2 rings (SSSR count). The van der Waals surface area contributed by atoms with E-state index >= 15 is 0 Å². The molecular formula is C9H10F2N2O2. The molecule has 0 amide bonds. The summed E-state index contributed by atoms with van der Waals surface area (Å²) in [5.41, 5.74) is -1.97. The molecule has 1 aromatic heterocycles. The lowest BCUT2D eigenvalue weighted by molar-refractivity contribution is -0.143. The lowest BCUT2D eigenvalue weighted by Gasteiger charge is -2.12. The molecule has 1 heterocycles. The van der Waals surface area contributed by atoms with Gasteiger partial charge in [-0.15, -0.1) is 0 Å². The van der Waals surface area contributed by atoms with Crippen LogP contribution in [0.3, 0.4) is 0 Å². The first kappa shape index (κ1) is 10.1. The van der Waals surface area contributed by atoms with E-state index < -0.39 is 23.7 Å². The molecule has 4 nitrogen and oxygen atoms in total. The van der Waals surface area contributed by atoms with Crippen molar-refractivity contribution in [3.05, 3.63) is 18.0 Å². The van der Waals surface area contributed by atoms with Crippen molar-refractivity contribution in [3.63, 3.8) is 0 Å². The van der Waals surface area contributed by atoms with Gasteiger partial charge in [-0.2, -0.15) is 5.10 Å². The largest absolute Gasteiger partial charge is 0.480 e. The molecule has 1 fully saturated rings. The third-order valence-electron chi connectivity index (χ3n) is 2.80. The van der Waals surface area contributed by atoms with Gasteiger partial charge in [0.2, 0.25) is 0 Å². The Morgan fingerprint density at radius 3 is 2.73 bits per heavy atom. The number of halogens is 2. The highest BCUT2D eigenvalue weighted by Gasteiger charge is 2.78. The lowest BCUT2D eigenvalue weighted by atomic mass is 10.0. The summed E-state index contributed by atoms with van der Waals surface area (Å²) in [7, 11) is 0. The molecule has 6 heteroatoms. The van der Waals surface area contributed by atoms with Crippen molar-refractivity contribution in [1.29, 1.82) is 0 Å². The molecule has 15 heavy (non-hydrogen) atoms. The highest BCUT2D eigenvalue weighted by molar-refractivity contribution is 5.87. The van der Waals surface area contributed by atoms with Crippen LogP contribution in [0, 0.1) is 0 Å². The van der Waals surface area contributed by atoms with Gasteiger partial charge in [-0.05, 0) is 13.0 Å². The van der Waals surface area contributed by atoms with E-state index in [0.29, 0.717) is 6.54 Å². The molecule has 0 radical (unpaired) electrons. The van der Waals surface area contributed by atoms with E-state index in [1.807, 2.05) is 0 Å². The fraction of sp³-hybridized carbons (Fsp3) is 0.556. The topological polar surface area (TPSA) is 55.1 Å². The Balaban J connectivity index is 2.50. The maximum absolute atomic E-state index is 13.2. The van der Waals surface area contributed by atoms with Gasteiger partial charge in [-0.3, -0.25) is 9.48 Å². The smallest absolute Gasteiger partial charge is 0.322 e. The Hall–Kier alpha value is -1.46. The maximum atomic E-state index is 13.2. The summed E-state index contributed by atoms with van der Waals surface area (Å²) in [5.74, 6) is -4.64. The van der Waals surface area contributed by atoms with E-state index in [9.17, 15) is 13.6 Å². The summed E-state index contributed by atoms with van der Waals surface area (Å²) in [5, 5.41) is 12.7. The average molecular weight is 216 g/mol. The Morgan fingerprint density at radius 1 is 1.73 bits per heavy atom. The number of carbonyl (C=O) groups is 1. The molecule has 0 bridgehead atoms. The summed E-state index contributed by atoms with van der Waals surface area (Å²) in [4.78, 5) is 10.9. The summed E-state index contributed by atoms with van der Waals surface area (Å²) in [6, 6.07) is 1.35. The van der Waals surface area contributed by atoms with Crippen LogP contribution in [-0.4, -0.2) is 26.8 Å². The molecule has 0 aromatic carbocycles. The molecular weight excluding hydrogens is 206 g/mol. The van der Waals surface area contributed by atoms with Crippen molar-refractivity contribution >= 4 is 5.97 Å². The van der Waals surface area contributed by atoms with Gasteiger partial charge in [0, 0.05) is 19.2 Å². The average Bonchev–Trinajstić information content (AvgIpc) is 2.60. The first-order valence-corrected chi connectivity index (χ1v) is 4.59. The molecule has 1 saturated carbocycles. The van der Waals surface area contributed by atoms with Crippen LogP contribution in [0.4, 0.5) is 8.78 Å². The summed E-state index contributed by atoms with van der Waals surface area (Å²) in [6.07, 6.45) is 0.707. The number of aryl methyl sites for hydroxylation is 1. The Labute approximate surface area is 84.5 Å². The number of hydrogen-bond donors (Lipinski definition) is 1. The van der Waals surface area contributed by atoms with Crippen LogP contribution >= 0.6 is 0 Å². The second-order valence-corrected chi connectivity index (χ2v) is 3.62. The van der Waals surface area contributed by atoms with E-state index in [2.05, 4.69) is 5.10 Å². The quantitative estimate of drug-likeness (QED) is 0.827. The fourth-order valence-corrected chi connectivity index (χ4v) is 1.86. The highest BCUT2D eigenvalue weighted by atomic mass is 19.3. The first-order chi connectivity index (χ1) is 6.95. The fourth-order valence-electron chi connectivity index (χ4n) is 1.86. The Kier molecular flexibility index (Phi) is 1.86. The minimum Gasteiger partial charge on any atom is -0.480 e. The molecule has 1 N–H and O–H groups in total. The van der Waals surface area contributed by atoms with Crippen molar-refractivity contribution in [2.75, 3.05) is 0 Å². The molecule has 82 valence electrons. The predicted octanol–water partition coefficient (Wildman–Crippen LogP) is 1.26. The van der Waals surface area contributed by atoms with Crippen LogP contribution < -0.4 is 0 Å². The number of carboxylic acids is 1. The van der Waals surface area contributed by atoms with Crippen molar-refractivity contribution in [1.82, 2.24) is 9.78 Å². The molecule has 0 saturated heterocycles. The van der Waals surface area contributed by atoms with Gasteiger partial charge in [0.15, 0.2) is 5.41 Å². The van der Waals surface area contributed by atoms with Crippen molar-refractivity contribution in [2.24, 2.45) is 0 Å². The van der Waals surface area contributed by atoms with Gasteiger partial charge in [0.25, 0.3) is 5.92 Å². The van der Waals surface area contributed by atoms with Gasteiger partial charge in [0.1, 0.15) is 0 Å². The van der Waals surface area contributed by atoms with E-state index in [4.69, 9.17) is 5.11 Å². The van der Waals surface area contributed by atoms with Crippen molar-refractivity contribution in [2.45, 2.75) is 31.2 Å². The number of aliphatic carboxylic acids is 1. The van der Waals surface area contributed by atoms with E-state index in [1.165, 1.54) is 16.9 Å². The first-order valence-electron chi connectivity index (χ1n) is 4.59. The summed E-state index contributed by atoms with van der Waals surface area (Å²) < 4.78 is 27.6. The second-order valence-electron chi connectivity index (χ2n) is 3.62. The van der Waals surface area contributed by atoms with Crippen LogP contribution in [-0.2, 0) is 16.8 Å². The zero-order chi connectivity index (χ0) is 11.3. The van der Waals surface area contributed by atoms with Crippen LogP contribution in [0.5, 0.6) is 0 Å². The third-order valence-corrected chi connectivity index (χ3v) is 2.80. The van der Waals surface area contributed by atoms with Crippen LogP contribution in [0.1, 0.15) is 19.0 Å². The molecule has 1 aliphatic carbocycles. The maximum Gasteiger partial charge on any atom is 0.322 e. The second kappa shape index (κ2) is 2.77. The van der Waals surface area contributed by atoms with Gasteiger partial charge in [-0.25, -0.2) is 8.78 Å². The van der Waals surface area contributed by atoms with Crippen molar-refractivity contribution in [3.8, 4) is 0 Å². The number of carboxylic acid groups (broad SMARTS) is 1. The molecule has 0 spiro atoms. The monoisotopic (exact) mass is 216 g/mol. The highest BCUT2D eigenvalue weighted by Crippen LogP contribution is 2.61. The Bertz CT molecular complexity index is 416. The third kappa shape index (κ3) is 1.10. The summed E-state index contributed by atoms with van der Waals surface area (Å²) in [6.45, 7) is 2.11. The number of aromatic nitrogens is 2. The minimum atomic E-state index is -3.16. The number of alkyl halides is 2. The van der Waals surface area contributed by atoms with Crippen LogP contribution in [0.15, 0.2) is 12.3 Å². The standard InChI is InChI=1S/C9H10F2N2O2/c1-2-13-6(3-4-12-13)8(7(14)15)5-9(8,10)11/h3-4H,2,5H2,1H3,(H,14,15). The predicted molar refractivity (Wildman–Crippen MR) is 46.8 cm³/mol. The molecule has 0 aliphatic heterocycles. The molecule has 1 unspecified atom stereocenters. The Morgan fingerprint density at radius 2 is 2.33 bits per heavy atom. The SMILES string of the molecule is CCn1nccc1C1(C(=O)O)CC1(F)F.